The van der Waals surface area contributed by atoms with Crippen molar-refractivity contribution in [1.82, 2.24) is 0 Å². The van der Waals surface area contributed by atoms with Crippen LogP contribution in [0.4, 0.5) is 0 Å². The van der Waals surface area contributed by atoms with E-state index in [1.54, 1.807) is 0 Å². The summed E-state index contributed by atoms with van der Waals surface area (Å²) in [7, 11) is 1.41. The molecule has 0 aromatic heterocycles. The Morgan fingerprint density at radius 3 is 2.53 bits per heavy atom. The minimum Gasteiger partial charge on any atom is -0.465 e. The molecule has 1 rings (SSSR count). The highest BCUT2D eigenvalue weighted by molar-refractivity contribution is 5.91. The van der Waals surface area contributed by atoms with Crippen molar-refractivity contribution in [1.29, 1.82) is 0 Å². The number of rotatable bonds is 5. The van der Waals surface area contributed by atoms with Crippen molar-refractivity contribution in [3.05, 3.63) is 34.4 Å². The van der Waals surface area contributed by atoms with Gasteiger partial charge in [0.1, 0.15) is 0 Å². The van der Waals surface area contributed by atoms with E-state index >= 15 is 0 Å². The molecule has 0 radical (unpaired) electrons. The Bertz CT molecular complexity index is 399. The van der Waals surface area contributed by atoms with Crippen LogP contribution in [0.2, 0.25) is 0 Å². The molecule has 0 saturated carbocycles. The van der Waals surface area contributed by atoms with Gasteiger partial charge in [-0.2, -0.15) is 0 Å². The van der Waals surface area contributed by atoms with E-state index in [-0.39, 0.29) is 5.97 Å². The molecule has 3 heteroatoms. The SMILES string of the molecule is COC(=O)c1cc(CCCCN)c(C)cc1C. The summed E-state index contributed by atoms with van der Waals surface area (Å²) in [4.78, 5) is 11.6. The lowest BCUT2D eigenvalue weighted by molar-refractivity contribution is 0.0600. The van der Waals surface area contributed by atoms with Gasteiger partial charge in [0.05, 0.1) is 12.7 Å². The number of ether oxygens (including phenoxy) is 1. The normalized spacial score (nSPS) is 10.4. The van der Waals surface area contributed by atoms with Gasteiger partial charge >= 0.3 is 5.97 Å². The first-order valence-electron chi connectivity index (χ1n) is 5.98. The Morgan fingerprint density at radius 1 is 1.24 bits per heavy atom. The third-order valence-electron chi connectivity index (χ3n) is 2.99. The summed E-state index contributed by atoms with van der Waals surface area (Å²) >= 11 is 0. The van der Waals surface area contributed by atoms with Crippen LogP contribution in [0.25, 0.3) is 0 Å². The molecule has 1 aromatic carbocycles. The Morgan fingerprint density at radius 2 is 1.94 bits per heavy atom. The van der Waals surface area contributed by atoms with Gasteiger partial charge in [0.25, 0.3) is 0 Å². The summed E-state index contributed by atoms with van der Waals surface area (Å²) in [6.45, 7) is 4.73. The first-order chi connectivity index (χ1) is 8.10. The first kappa shape index (κ1) is 13.7. The Kier molecular flexibility index (Phi) is 5.16. The molecule has 3 nitrogen and oxygen atoms in total. The molecule has 0 aliphatic heterocycles. The summed E-state index contributed by atoms with van der Waals surface area (Å²) in [6.07, 6.45) is 3.04. The van der Waals surface area contributed by atoms with Crippen LogP contribution in [0, 0.1) is 13.8 Å². The zero-order valence-corrected chi connectivity index (χ0v) is 10.9. The lowest BCUT2D eigenvalue weighted by Crippen LogP contribution is -2.06. The number of unbranched alkanes of at least 4 members (excludes halogenated alkanes) is 1. The van der Waals surface area contributed by atoms with Gasteiger partial charge in [-0.15, -0.1) is 0 Å². The van der Waals surface area contributed by atoms with E-state index in [1.807, 2.05) is 19.1 Å². The van der Waals surface area contributed by atoms with E-state index in [0.29, 0.717) is 5.56 Å². The zero-order chi connectivity index (χ0) is 12.8. The maximum atomic E-state index is 11.6. The van der Waals surface area contributed by atoms with E-state index in [0.717, 1.165) is 31.4 Å². The van der Waals surface area contributed by atoms with E-state index in [4.69, 9.17) is 10.5 Å². The van der Waals surface area contributed by atoms with Gasteiger partial charge in [0.2, 0.25) is 0 Å². The Labute approximate surface area is 103 Å². The third-order valence-corrected chi connectivity index (χ3v) is 2.99. The predicted octanol–water partition coefficient (Wildman–Crippen LogP) is 2.37. The summed E-state index contributed by atoms with van der Waals surface area (Å²) in [5.74, 6) is -0.262. The van der Waals surface area contributed by atoms with Crippen LogP contribution < -0.4 is 5.73 Å². The molecule has 0 aliphatic rings. The van der Waals surface area contributed by atoms with Crippen LogP contribution in [0.1, 0.15) is 39.9 Å². The number of hydrogen-bond acceptors (Lipinski definition) is 3. The van der Waals surface area contributed by atoms with Gasteiger partial charge in [0, 0.05) is 0 Å². The summed E-state index contributed by atoms with van der Waals surface area (Å²) in [5, 5.41) is 0. The van der Waals surface area contributed by atoms with Crippen molar-refractivity contribution in [2.75, 3.05) is 13.7 Å². The number of carbonyl (C=O) groups is 1. The largest absolute Gasteiger partial charge is 0.465 e. The fourth-order valence-corrected chi connectivity index (χ4v) is 1.96. The molecule has 0 bridgehead atoms. The Balaban J connectivity index is 2.93. The lowest BCUT2D eigenvalue weighted by Gasteiger charge is -2.10. The van der Waals surface area contributed by atoms with E-state index in [1.165, 1.54) is 18.2 Å². The molecule has 0 aliphatic carbocycles. The number of methoxy groups -OCH3 is 1. The molecular weight excluding hydrogens is 214 g/mol. The summed E-state index contributed by atoms with van der Waals surface area (Å²) in [5.41, 5.74) is 9.56. The fraction of sp³-hybridized carbons (Fsp3) is 0.500. The number of hydrogen-bond donors (Lipinski definition) is 1. The lowest BCUT2D eigenvalue weighted by atomic mass is 9.96. The van der Waals surface area contributed by atoms with Crippen LogP contribution in [-0.4, -0.2) is 19.6 Å². The second kappa shape index (κ2) is 6.40. The average molecular weight is 235 g/mol. The third kappa shape index (κ3) is 3.56. The van der Waals surface area contributed by atoms with Gasteiger partial charge in [0.15, 0.2) is 0 Å². The monoisotopic (exact) mass is 235 g/mol. The van der Waals surface area contributed by atoms with Gasteiger partial charge in [-0.25, -0.2) is 4.79 Å². The highest BCUT2D eigenvalue weighted by atomic mass is 16.5. The predicted molar refractivity (Wildman–Crippen MR) is 69.2 cm³/mol. The summed E-state index contributed by atoms with van der Waals surface area (Å²) in [6, 6.07) is 4.00. The van der Waals surface area contributed by atoms with Crippen molar-refractivity contribution in [3.63, 3.8) is 0 Å². The first-order valence-corrected chi connectivity index (χ1v) is 5.98. The highest BCUT2D eigenvalue weighted by Gasteiger charge is 2.11. The van der Waals surface area contributed by atoms with Gasteiger partial charge in [-0.1, -0.05) is 6.07 Å². The van der Waals surface area contributed by atoms with E-state index < -0.39 is 0 Å². The van der Waals surface area contributed by atoms with E-state index in [2.05, 4.69) is 6.92 Å². The highest BCUT2D eigenvalue weighted by Crippen LogP contribution is 2.18. The van der Waals surface area contributed by atoms with Crippen LogP contribution in [-0.2, 0) is 11.2 Å². The van der Waals surface area contributed by atoms with Gasteiger partial charge < -0.3 is 10.5 Å². The van der Waals surface area contributed by atoms with Crippen molar-refractivity contribution in [2.45, 2.75) is 33.1 Å². The molecule has 0 amide bonds. The van der Waals surface area contributed by atoms with Crippen molar-refractivity contribution in [2.24, 2.45) is 5.73 Å². The number of benzene rings is 1. The summed E-state index contributed by atoms with van der Waals surface area (Å²) < 4.78 is 4.78. The molecule has 0 unspecified atom stereocenters. The molecule has 0 heterocycles. The van der Waals surface area contributed by atoms with Crippen LogP contribution in [0.15, 0.2) is 12.1 Å². The quantitative estimate of drug-likeness (QED) is 0.629. The maximum absolute atomic E-state index is 11.6. The van der Waals surface area contributed by atoms with Crippen LogP contribution >= 0.6 is 0 Å². The molecular formula is C14H21NO2. The maximum Gasteiger partial charge on any atom is 0.338 e. The molecule has 0 fully saturated rings. The smallest absolute Gasteiger partial charge is 0.338 e. The van der Waals surface area contributed by atoms with Gasteiger partial charge in [-0.05, 0) is 62.4 Å². The van der Waals surface area contributed by atoms with Crippen molar-refractivity contribution >= 4 is 5.97 Å². The molecule has 94 valence electrons. The minimum absolute atomic E-state index is 0.262. The van der Waals surface area contributed by atoms with Crippen LogP contribution in [0.5, 0.6) is 0 Å². The fourth-order valence-electron chi connectivity index (χ4n) is 1.96. The standard InChI is InChI=1S/C14H21NO2/c1-10-8-11(2)13(14(16)17-3)9-12(10)6-4-5-7-15/h8-9H,4-7,15H2,1-3H3. The Hall–Kier alpha value is -1.35. The molecule has 0 atom stereocenters. The van der Waals surface area contributed by atoms with Crippen molar-refractivity contribution in [3.8, 4) is 0 Å². The second-order valence-electron chi connectivity index (χ2n) is 4.33. The number of aryl methyl sites for hydroxylation is 3. The molecule has 1 aromatic rings. The number of nitrogens with two attached hydrogens (primary N) is 1. The van der Waals surface area contributed by atoms with Crippen LogP contribution in [0.3, 0.4) is 0 Å². The second-order valence-corrected chi connectivity index (χ2v) is 4.33. The molecule has 0 saturated heterocycles. The molecule has 0 spiro atoms. The molecule has 2 N–H and O–H groups in total. The zero-order valence-electron chi connectivity index (χ0n) is 10.9. The minimum atomic E-state index is -0.262. The van der Waals surface area contributed by atoms with Gasteiger partial charge in [-0.3, -0.25) is 0 Å². The number of carbonyl (C=O) groups excluding carboxylic acids is 1. The number of esters is 1. The average Bonchev–Trinajstić information content (AvgIpc) is 2.31. The van der Waals surface area contributed by atoms with Crippen molar-refractivity contribution < 1.29 is 9.53 Å². The van der Waals surface area contributed by atoms with E-state index in [9.17, 15) is 4.79 Å². The molecule has 17 heavy (non-hydrogen) atoms. The topological polar surface area (TPSA) is 52.3 Å².